The van der Waals surface area contributed by atoms with Crippen LogP contribution in [0.3, 0.4) is 0 Å². The second kappa shape index (κ2) is 20.3. The number of hydroxylamine groups is 4. The molecule has 4 aliphatic heterocycles. The quantitative estimate of drug-likeness (QED) is 0.117. The number of esters is 1. The molecule has 4 rings (SSSR count). The maximum absolute atomic E-state index is 14.8. The van der Waals surface area contributed by atoms with Crippen molar-refractivity contribution in [3.63, 3.8) is 0 Å². The minimum atomic E-state index is -2.68. The monoisotopic (exact) mass is 854 g/mol. The Balaban J connectivity index is 1.78. The van der Waals surface area contributed by atoms with Gasteiger partial charge in [-0.25, -0.2) is 25.8 Å². The van der Waals surface area contributed by atoms with E-state index < -0.39 is 108 Å². The number of nitrogens with zero attached hydrogens (tertiary/aromatic N) is 4. The fourth-order valence-corrected chi connectivity index (χ4v) is 8.11. The number of aliphatic hydroxyl groups is 2. The lowest BCUT2D eigenvalue weighted by molar-refractivity contribution is -0.326. The number of hydrogen-bond donors (Lipinski definition) is 7. The van der Waals surface area contributed by atoms with Gasteiger partial charge in [0.2, 0.25) is 11.7 Å². The van der Waals surface area contributed by atoms with Gasteiger partial charge in [0.15, 0.2) is 11.6 Å². The minimum absolute atomic E-state index is 0.0147. The van der Waals surface area contributed by atoms with Crippen molar-refractivity contribution in [3.05, 3.63) is 0 Å². The number of ether oxygens (including phenoxy) is 2. The SMILES string of the molecule is CC[C@H](C)C[C@H]1CC[C@](O)([C@](C)(O)C(=O)N[C@@H]2C(=O)N3NCCC[C@@H]3C(=O)N(O)[C@@H](C)C(=O)NCC(=O)N3NCCC[C@H]3C(=O)N(OC)[C@H](C)C(=O)O[C@H]2C(C)C)O[C@@H]1C. The normalized spacial score (nSPS) is 33.8. The van der Waals surface area contributed by atoms with Gasteiger partial charge in [-0.2, -0.15) is 0 Å². The molecule has 4 heterocycles. The highest BCUT2D eigenvalue weighted by Gasteiger charge is 2.57. The molecule has 0 spiro atoms. The summed E-state index contributed by atoms with van der Waals surface area (Å²) in [5, 5.41) is 42.3. The van der Waals surface area contributed by atoms with E-state index in [0.717, 1.165) is 42.0 Å². The molecule has 0 bridgehead atoms. The first-order chi connectivity index (χ1) is 28.1. The summed E-state index contributed by atoms with van der Waals surface area (Å²) in [5.41, 5.74) is 2.98. The van der Waals surface area contributed by atoms with E-state index in [1.54, 1.807) is 20.8 Å². The van der Waals surface area contributed by atoms with Crippen molar-refractivity contribution in [2.24, 2.45) is 17.8 Å². The number of cyclic esters (lactones) is 1. The first kappa shape index (κ1) is 48.7. The molecule has 4 fully saturated rings. The highest BCUT2D eigenvalue weighted by Crippen LogP contribution is 2.40. The number of fused-ring (bicyclic) bond motifs is 2. The zero-order chi connectivity index (χ0) is 44.9. The second-order valence-electron chi connectivity index (χ2n) is 17.0. The molecule has 60 heavy (non-hydrogen) atoms. The van der Waals surface area contributed by atoms with E-state index in [9.17, 15) is 49.0 Å². The molecule has 0 aliphatic carbocycles. The van der Waals surface area contributed by atoms with Crippen LogP contribution in [0.2, 0.25) is 0 Å². The Hall–Kier alpha value is -3.99. The lowest BCUT2D eigenvalue weighted by atomic mass is 9.79. The molecular weight excluding hydrogens is 788 g/mol. The minimum Gasteiger partial charge on any atom is -0.458 e. The standard InChI is InChI=1S/C39H66N8O13/c1-10-22(4)19-26-15-16-39(56,60-25(26)7)38(8,55)37(54)43-30-31(21(2)3)59-36(53)24(6)47(58-9)34(51)28-14-12-17-41-44(28)29(48)20-40-32(49)23(5)46(57)33(50)27-13-11-18-42-45(27)35(30)52/h21-28,30-31,41-42,55-57H,10-20H2,1-9H3,(H,40,49)(H,43,54)/t22-,23-,24+,25+,26+,27+,28-,30-,31-,38+,39+/m0/s1. The summed E-state index contributed by atoms with van der Waals surface area (Å²) >= 11 is 0. The van der Waals surface area contributed by atoms with Gasteiger partial charge in [0, 0.05) is 19.5 Å². The van der Waals surface area contributed by atoms with E-state index in [-0.39, 0.29) is 36.8 Å². The van der Waals surface area contributed by atoms with E-state index in [2.05, 4.69) is 35.3 Å². The Morgan fingerprint density at radius 3 is 2.12 bits per heavy atom. The van der Waals surface area contributed by atoms with Gasteiger partial charge in [0.25, 0.3) is 29.5 Å². The van der Waals surface area contributed by atoms with Crippen molar-refractivity contribution in [3.8, 4) is 0 Å². The lowest BCUT2D eigenvalue weighted by Crippen LogP contribution is -2.70. The highest BCUT2D eigenvalue weighted by molar-refractivity contribution is 5.97. The Morgan fingerprint density at radius 2 is 1.55 bits per heavy atom. The molecule has 340 valence electrons. The molecule has 7 N–H and O–H groups in total. The highest BCUT2D eigenvalue weighted by atomic mass is 16.7. The topological polar surface area (TPSA) is 269 Å². The molecule has 0 aromatic rings. The van der Waals surface area contributed by atoms with Gasteiger partial charge in [-0.1, -0.05) is 34.1 Å². The molecule has 0 aromatic carbocycles. The molecule has 6 amide bonds. The number of rotatable bonds is 8. The summed E-state index contributed by atoms with van der Waals surface area (Å²) in [4.78, 5) is 103. The van der Waals surface area contributed by atoms with Gasteiger partial charge in [0.05, 0.1) is 19.8 Å². The number of amides is 6. The third-order valence-electron chi connectivity index (χ3n) is 12.4. The van der Waals surface area contributed by atoms with Gasteiger partial charge in [-0.15, -0.1) is 0 Å². The van der Waals surface area contributed by atoms with Crippen LogP contribution in [-0.2, 0) is 47.9 Å². The number of carbonyl (C=O) groups excluding carboxylic acids is 7. The predicted octanol–water partition coefficient (Wildman–Crippen LogP) is -0.764. The third-order valence-corrected chi connectivity index (χ3v) is 12.4. The smallest absolute Gasteiger partial charge is 0.331 e. The summed E-state index contributed by atoms with van der Waals surface area (Å²) in [6.07, 6.45) is 0.837. The van der Waals surface area contributed by atoms with Crippen molar-refractivity contribution >= 4 is 41.4 Å². The van der Waals surface area contributed by atoms with E-state index in [1.165, 1.54) is 13.8 Å². The van der Waals surface area contributed by atoms with Crippen molar-refractivity contribution in [1.29, 1.82) is 0 Å². The molecule has 21 nitrogen and oxygen atoms in total. The fraction of sp³-hybridized carbons (Fsp3) is 0.821. The van der Waals surface area contributed by atoms with E-state index >= 15 is 0 Å². The van der Waals surface area contributed by atoms with Crippen LogP contribution < -0.4 is 21.5 Å². The summed E-state index contributed by atoms with van der Waals surface area (Å²) in [6.45, 7) is 12.5. The predicted molar refractivity (Wildman–Crippen MR) is 210 cm³/mol. The Labute approximate surface area is 351 Å². The zero-order valence-electron chi connectivity index (χ0n) is 36.3. The fourth-order valence-electron chi connectivity index (χ4n) is 8.11. The van der Waals surface area contributed by atoms with Gasteiger partial charge in [-0.05, 0) is 84.0 Å². The van der Waals surface area contributed by atoms with Crippen molar-refractivity contribution in [2.45, 2.75) is 161 Å². The van der Waals surface area contributed by atoms with Crippen LogP contribution in [0, 0.1) is 17.8 Å². The molecular formula is C39H66N8O13. The van der Waals surface area contributed by atoms with Crippen molar-refractivity contribution in [2.75, 3.05) is 26.7 Å². The van der Waals surface area contributed by atoms with Crippen LogP contribution in [0.5, 0.6) is 0 Å². The number of hydrogen-bond acceptors (Lipinski definition) is 15. The first-order valence-electron chi connectivity index (χ1n) is 21.0. The summed E-state index contributed by atoms with van der Waals surface area (Å²) in [7, 11) is 1.14. The molecule has 0 radical (unpaired) electrons. The van der Waals surface area contributed by atoms with Gasteiger partial charge < -0.3 is 30.3 Å². The van der Waals surface area contributed by atoms with Gasteiger partial charge in [0.1, 0.15) is 30.3 Å². The largest absolute Gasteiger partial charge is 0.458 e. The molecule has 0 aromatic heterocycles. The molecule has 11 atom stereocenters. The number of nitrogens with one attached hydrogen (secondary N) is 4. The first-order valence-corrected chi connectivity index (χ1v) is 21.0. The maximum atomic E-state index is 14.8. The maximum Gasteiger partial charge on any atom is 0.331 e. The van der Waals surface area contributed by atoms with Crippen molar-refractivity contribution < 1.29 is 63.3 Å². The molecule has 0 saturated carbocycles. The van der Waals surface area contributed by atoms with Crippen LogP contribution in [0.15, 0.2) is 0 Å². The number of carbonyl (C=O) groups is 7. The van der Waals surface area contributed by atoms with E-state index in [4.69, 9.17) is 14.3 Å². The van der Waals surface area contributed by atoms with Gasteiger partial charge in [-0.3, -0.25) is 48.8 Å². The summed E-state index contributed by atoms with van der Waals surface area (Å²) in [5.74, 6) is -9.72. The zero-order valence-corrected chi connectivity index (χ0v) is 36.3. The van der Waals surface area contributed by atoms with Crippen LogP contribution in [-0.4, -0.2) is 158 Å². The lowest BCUT2D eigenvalue weighted by Gasteiger charge is -2.47. The average molecular weight is 855 g/mol. The average Bonchev–Trinajstić information content (AvgIpc) is 3.23. The molecule has 4 aliphatic rings. The Morgan fingerprint density at radius 1 is 0.950 bits per heavy atom. The Bertz CT molecular complexity index is 1600. The summed E-state index contributed by atoms with van der Waals surface area (Å²) < 4.78 is 12.0. The molecule has 0 unspecified atom stereocenters. The van der Waals surface area contributed by atoms with Crippen LogP contribution in [0.4, 0.5) is 0 Å². The third kappa shape index (κ3) is 10.4. The number of hydrazine groups is 2. The van der Waals surface area contributed by atoms with Gasteiger partial charge >= 0.3 is 5.97 Å². The second-order valence-corrected chi connectivity index (χ2v) is 17.0. The van der Waals surface area contributed by atoms with Crippen LogP contribution in [0.1, 0.15) is 107 Å². The van der Waals surface area contributed by atoms with E-state index in [0.29, 0.717) is 31.7 Å². The Kier molecular flexibility index (Phi) is 16.4. The summed E-state index contributed by atoms with van der Waals surface area (Å²) in [6, 6.07) is -7.60. The van der Waals surface area contributed by atoms with Crippen LogP contribution >= 0.6 is 0 Å². The van der Waals surface area contributed by atoms with Crippen molar-refractivity contribution in [1.82, 2.24) is 41.6 Å². The van der Waals surface area contributed by atoms with E-state index in [1.807, 2.05) is 0 Å². The molecule has 21 heteroatoms. The van der Waals surface area contributed by atoms with Crippen LogP contribution in [0.25, 0.3) is 0 Å². The molecule has 4 saturated heterocycles.